The zero-order valence-electron chi connectivity index (χ0n) is 10.8. The predicted octanol–water partition coefficient (Wildman–Crippen LogP) is 4.14. The summed E-state index contributed by atoms with van der Waals surface area (Å²) in [4.78, 5) is 8.45. The number of hydrogen-bond donors (Lipinski definition) is 0. The van der Waals surface area contributed by atoms with E-state index in [1.54, 1.807) is 19.1 Å². The maximum absolute atomic E-state index is 13.5. The van der Waals surface area contributed by atoms with Crippen LogP contribution >= 0.6 is 11.6 Å². The average Bonchev–Trinajstić information content (AvgIpc) is 2.84. The summed E-state index contributed by atoms with van der Waals surface area (Å²) in [6.07, 6.45) is 1.53. The van der Waals surface area contributed by atoms with Gasteiger partial charge in [0.1, 0.15) is 11.3 Å². The second-order valence-electron chi connectivity index (χ2n) is 4.49. The number of benzene rings is 1. The van der Waals surface area contributed by atoms with Crippen molar-refractivity contribution in [2.45, 2.75) is 12.3 Å². The highest BCUT2D eigenvalue weighted by molar-refractivity contribution is 6.20. The van der Waals surface area contributed by atoms with E-state index >= 15 is 0 Å². The number of imidazole rings is 1. The van der Waals surface area contributed by atoms with E-state index < -0.39 is 22.8 Å². The first-order chi connectivity index (χ1) is 9.99. The third kappa shape index (κ3) is 2.25. The van der Waals surface area contributed by atoms with Gasteiger partial charge in [-0.25, -0.2) is 23.1 Å². The lowest BCUT2D eigenvalue weighted by Gasteiger charge is -2.10. The molecule has 0 aliphatic heterocycles. The van der Waals surface area contributed by atoms with Crippen LogP contribution < -0.4 is 0 Å². The highest BCUT2D eigenvalue weighted by Gasteiger charge is 2.19. The van der Waals surface area contributed by atoms with E-state index in [1.165, 1.54) is 10.8 Å². The van der Waals surface area contributed by atoms with Crippen molar-refractivity contribution in [3.8, 4) is 5.69 Å². The third-order valence-corrected chi connectivity index (χ3v) is 3.22. The molecule has 0 bridgehead atoms. The monoisotopic (exact) mass is 311 g/mol. The standard InChI is InChI=1S/C14H9ClF3N3/c1-7(15)13-20-11-3-2-4-19-14(11)21(13)8-5-9(16)12(18)10(17)6-8/h2-7H,1H3. The highest BCUT2D eigenvalue weighted by Crippen LogP contribution is 2.28. The molecule has 1 atom stereocenters. The van der Waals surface area contributed by atoms with Gasteiger partial charge in [0.15, 0.2) is 23.1 Å². The number of rotatable bonds is 2. The molecule has 1 aromatic carbocycles. The summed E-state index contributed by atoms with van der Waals surface area (Å²) in [5, 5.41) is -0.518. The van der Waals surface area contributed by atoms with Gasteiger partial charge in [0, 0.05) is 18.3 Å². The van der Waals surface area contributed by atoms with E-state index in [2.05, 4.69) is 9.97 Å². The van der Waals surface area contributed by atoms with E-state index in [9.17, 15) is 13.2 Å². The lowest BCUT2D eigenvalue weighted by atomic mass is 10.2. The molecule has 2 aromatic heterocycles. The van der Waals surface area contributed by atoms with Crippen molar-refractivity contribution in [2.24, 2.45) is 0 Å². The molecular formula is C14H9ClF3N3. The SMILES string of the molecule is CC(Cl)c1nc2cccnc2n1-c1cc(F)c(F)c(F)c1. The van der Waals surface area contributed by atoms with Crippen molar-refractivity contribution in [1.82, 2.24) is 14.5 Å². The molecule has 1 unspecified atom stereocenters. The van der Waals surface area contributed by atoms with Crippen LogP contribution in [0.5, 0.6) is 0 Å². The minimum atomic E-state index is -1.52. The summed E-state index contributed by atoms with van der Waals surface area (Å²) in [5.41, 5.74) is 1.01. The van der Waals surface area contributed by atoms with Gasteiger partial charge in [-0.1, -0.05) is 0 Å². The Bertz CT molecular complexity index is 806. The zero-order chi connectivity index (χ0) is 15.1. The van der Waals surface area contributed by atoms with Gasteiger partial charge in [-0.15, -0.1) is 11.6 Å². The van der Waals surface area contributed by atoms with Crippen molar-refractivity contribution < 1.29 is 13.2 Å². The molecule has 0 spiro atoms. The molecule has 0 saturated heterocycles. The second-order valence-corrected chi connectivity index (χ2v) is 5.15. The number of alkyl halides is 1. The van der Waals surface area contributed by atoms with Crippen LogP contribution in [0.3, 0.4) is 0 Å². The molecule has 0 aliphatic rings. The molecule has 0 saturated carbocycles. The Balaban J connectivity index is 2.35. The van der Waals surface area contributed by atoms with Gasteiger partial charge >= 0.3 is 0 Å². The summed E-state index contributed by atoms with van der Waals surface area (Å²) < 4.78 is 41.4. The Morgan fingerprint density at radius 2 is 1.86 bits per heavy atom. The van der Waals surface area contributed by atoms with E-state index in [0.29, 0.717) is 17.0 Å². The summed E-state index contributed by atoms with van der Waals surface area (Å²) >= 11 is 6.07. The Morgan fingerprint density at radius 3 is 2.48 bits per heavy atom. The van der Waals surface area contributed by atoms with E-state index in [4.69, 9.17) is 11.6 Å². The number of hydrogen-bond acceptors (Lipinski definition) is 2. The summed E-state index contributed by atoms with van der Waals surface area (Å²) in [5.74, 6) is -3.71. The van der Waals surface area contributed by atoms with Gasteiger partial charge in [0.25, 0.3) is 0 Å². The smallest absolute Gasteiger partial charge is 0.194 e. The first-order valence-corrected chi connectivity index (χ1v) is 6.55. The fourth-order valence-electron chi connectivity index (χ4n) is 2.12. The van der Waals surface area contributed by atoms with Crippen molar-refractivity contribution in [1.29, 1.82) is 0 Å². The molecule has 3 aromatic rings. The van der Waals surface area contributed by atoms with Crippen molar-refractivity contribution in [2.75, 3.05) is 0 Å². The van der Waals surface area contributed by atoms with E-state index in [1.807, 2.05) is 0 Å². The predicted molar refractivity (Wildman–Crippen MR) is 73.0 cm³/mol. The van der Waals surface area contributed by atoms with Gasteiger partial charge in [-0.3, -0.25) is 4.57 Å². The molecule has 21 heavy (non-hydrogen) atoms. The fourth-order valence-corrected chi connectivity index (χ4v) is 2.27. The lowest BCUT2D eigenvalue weighted by molar-refractivity contribution is 0.446. The van der Waals surface area contributed by atoms with E-state index in [0.717, 1.165) is 12.1 Å². The van der Waals surface area contributed by atoms with Crippen LogP contribution in [0.25, 0.3) is 16.9 Å². The number of halogens is 4. The fraction of sp³-hybridized carbons (Fsp3) is 0.143. The van der Waals surface area contributed by atoms with Crippen LogP contribution in [0.2, 0.25) is 0 Å². The second kappa shape index (κ2) is 5.04. The molecular weight excluding hydrogens is 303 g/mol. The molecule has 7 heteroatoms. The minimum absolute atomic E-state index is 0.0788. The van der Waals surface area contributed by atoms with Crippen molar-refractivity contribution in [3.05, 3.63) is 53.7 Å². The minimum Gasteiger partial charge on any atom is -0.279 e. The lowest BCUT2D eigenvalue weighted by Crippen LogP contribution is -2.05. The zero-order valence-corrected chi connectivity index (χ0v) is 11.6. The first kappa shape index (κ1) is 13.9. The molecule has 0 amide bonds. The molecule has 2 heterocycles. The van der Waals surface area contributed by atoms with Gasteiger partial charge in [-0.2, -0.15) is 0 Å². The Morgan fingerprint density at radius 1 is 1.19 bits per heavy atom. The normalized spacial score (nSPS) is 12.8. The number of fused-ring (bicyclic) bond motifs is 1. The van der Waals surface area contributed by atoms with Crippen LogP contribution in [-0.2, 0) is 0 Å². The maximum Gasteiger partial charge on any atom is 0.194 e. The summed E-state index contributed by atoms with van der Waals surface area (Å²) in [6.45, 7) is 1.68. The maximum atomic E-state index is 13.5. The van der Waals surface area contributed by atoms with Crippen LogP contribution in [0.15, 0.2) is 30.5 Å². The topological polar surface area (TPSA) is 30.7 Å². The molecule has 3 nitrogen and oxygen atoms in total. The summed E-state index contributed by atoms with van der Waals surface area (Å²) in [6, 6.07) is 5.17. The van der Waals surface area contributed by atoms with Crippen molar-refractivity contribution >= 4 is 22.8 Å². The largest absolute Gasteiger partial charge is 0.279 e. The number of aromatic nitrogens is 3. The first-order valence-electron chi connectivity index (χ1n) is 6.11. The van der Waals surface area contributed by atoms with Crippen LogP contribution in [0, 0.1) is 17.5 Å². The molecule has 108 valence electrons. The van der Waals surface area contributed by atoms with Crippen LogP contribution in [0.4, 0.5) is 13.2 Å². The number of pyridine rings is 1. The van der Waals surface area contributed by atoms with Crippen molar-refractivity contribution in [3.63, 3.8) is 0 Å². The van der Waals surface area contributed by atoms with Gasteiger partial charge in [0.2, 0.25) is 0 Å². The van der Waals surface area contributed by atoms with Crippen LogP contribution in [0.1, 0.15) is 18.1 Å². The molecule has 0 aliphatic carbocycles. The average molecular weight is 312 g/mol. The molecule has 0 radical (unpaired) electrons. The Labute approximate surface area is 123 Å². The molecule has 3 rings (SSSR count). The molecule has 0 fully saturated rings. The van der Waals surface area contributed by atoms with E-state index in [-0.39, 0.29) is 5.69 Å². The number of nitrogens with zero attached hydrogens (tertiary/aromatic N) is 3. The molecule has 0 N–H and O–H groups in total. The van der Waals surface area contributed by atoms with Gasteiger partial charge in [-0.05, 0) is 19.1 Å². The summed E-state index contributed by atoms with van der Waals surface area (Å²) in [7, 11) is 0. The van der Waals surface area contributed by atoms with Crippen LogP contribution in [-0.4, -0.2) is 14.5 Å². The Kier molecular flexibility index (Phi) is 3.33. The highest BCUT2D eigenvalue weighted by atomic mass is 35.5. The quantitative estimate of drug-likeness (QED) is 0.526. The third-order valence-electron chi connectivity index (χ3n) is 3.02. The Hall–Kier alpha value is -2.08. The van der Waals surface area contributed by atoms with Gasteiger partial charge < -0.3 is 0 Å². The van der Waals surface area contributed by atoms with Gasteiger partial charge in [0.05, 0.1) is 11.1 Å².